The number of para-hydroxylation sites is 1. The molecule has 4 heteroatoms. The van der Waals surface area contributed by atoms with Gasteiger partial charge in [0.2, 0.25) is 0 Å². The summed E-state index contributed by atoms with van der Waals surface area (Å²) in [5.74, 6) is 0.636. The average molecular weight is 191 g/mol. The average Bonchev–Trinajstić information content (AvgIpc) is 2.62. The zero-order valence-electron chi connectivity index (χ0n) is 7.99. The Kier molecular flexibility index (Phi) is 2.23. The summed E-state index contributed by atoms with van der Waals surface area (Å²) in [7, 11) is 0. The molecule has 1 heterocycles. The highest BCUT2D eigenvalue weighted by molar-refractivity contribution is 5.78. The van der Waals surface area contributed by atoms with Crippen molar-refractivity contribution in [1.29, 1.82) is 0 Å². The quantitative estimate of drug-likeness (QED) is 0.659. The van der Waals surface area contributed by atoms with Gasteiger partial charge in [-0.1, -0.05) is 12.1 Å². The van der Waals surface area contributed by atoms with Crippen molar-refractivity contribution in [2.45, 2.75) is 13.0 Å². The Labute approximate surface area is 81.8 Å². The number of nitrogens with two attached hydrogens (primary N) is 1. The molecule has 14 heavy (non-hydrogen) atoms. The van der Waals surface area contributed by atoms with Crippen molar-refractivity contribution >= 4 is 11.0 Å². The van der Waals surface area contributed by atoms with Crippen LogP contribution in [-0.2, 0) is 0 Å². The lowest BCUT2D eigenvalue weighted by Crippen LogP contribution is -2.15. The van der Waals surface area contributed by atoms with Crippen molar-refractivity contribution in [1.82, 2.24) is 9.97 Å². The number of aliphatic hydroxyl groups is 1. The Balaban J connectivity index is 2.56. The molecule has 1 aromatic carbocycles. The number of rotatable bonds is 2. The fourth-order valence-corrected chi connectivity index (χ4v) is 1.46. The van der Waals surface area contributed by atoms with E-state index in [0.29, 0.717) is 5.82 Å². The first-order valence-corrected chi connectivity index (χ1v) is 4.54. The van der Waals surface area contributed by atoms with Crippen LogP contribution < -0.4 is 5.73 Å². The molecule has 4 nitrogen and oxygen atoms in total. The number of hydrogen-bond donors (Lipinski definition) is 3. The monoisotopic (exact) mass is 191 g/mol. The van der Waals surface area contributed by atoms with Crippen LogP contribution in [0.25, 0.3) is 11.0 Å². The number of fused-ring (bicyclic) bond motifs is 1. The van der Waals surface area contributed by atoms with Crippen molar-refractivity contribution in [3.05, 3.63) is 29.6 Å². The largest absolute Gasteiger partial charge is 0.394 e. The molecular weight excluding hydrogens is 178 g/mol. The van der Waals surface area contributed by atoms with Gasteiger partial charge in [-0.05, 0) is 18.6 Å². The van der Waals surface area contributed by atoms with Crippen molar-refractivity contribution in [2.75, 3.05) is 6.61 Å². The van der Waals surface area contributed by atoms with Gasteiger partial charge in [0.25, 0.3) is 0 Å². The first-order chi connectivity index (χ1) is 6.72. The predicted molar refractivity (Wildman–Crippen MR) is 54.8 cm³/mol. The van der Waals surface area contributed by atoms with Gasteiger partial charge in [-0.25, -0.2) is 4.98 Å². The third-order valence-electron chi connectivity index (χ3n) is 2.28. The second-order valence-electron chi connectivity index (χ2n) is 3.38. The second kappa shape index (κ2) is 3.40. The van der Waals surface area contributed by atoms with Crippen molar-refractivity contribution in [3.63, 3.8) is 0 Å². The zero-order valence-corrected chi connectivity index (χ0v) is 7.99. The van der Waals surface area contributed by atoms with E-state index in [1.54, 1.807) is 0 Å². The molecule has 2 aromatic rings. The normalized spacial score (nSPS) is 13.4. The summed E-state index contributed by atoms with van der Waals surface area (Å²) in [6, 6.07) is 5.48. The summed E-state index contributed by atoms with van der Waals surface area (Å²) in [5.41, 5.74) is 8.66. The van der Waals surface area contributed by atoms with E-state index >= 15 is 0 Å². The van der Waals surface area contributed by atoms with E-state index in [4.69, 9.17) is 10.8 Å². The molecule has 0 radical (unpaired) electrons. The molecule has 0 fully saturated rings. The topological polar surface area (TPSA) is 74.9 Å². The Morgan fingerprint density at radius 3 is 3.00 bits per heavy atom. The third kappa shape index (κ3) is 1.38. The van der Waals surface area contributed by atoms with Crippen LogP contribution in [0, 0.1) is 6.92 Å². The Morgan fingerprint density at radius 1 is 1.57 bits per heavy atom. The molecule has 0 aliphatic rings. The maximum atomic E-state index is 8.90. The molecular formula is C10H13N3O. The van der Waals surface area contributed by atoms with Crippen LogP contribution in [0.3, 0.4) is 0 Å². The van der Waals surface area contributed by atoms with Crippen LogP contribution in [0.15, 0.2) is 18.2 Å². The summed E-state index contributed by atoms with van der Waals surface area (Å²) >= 11 is 0. The number of nitrogens with one attached hydrogen (secondary N) is 1. The lowest BCUT2D eigenvalue weighted by atomic mass is 10.2. The van der Waals surface area contributed by atoms with Crippen LogP contribution >= 0.6 is 0 Å². The van der Waals surface area contributed by atoms with E-state index < -0.39 is 6.04 Å². The third-order valence-corrected chi connectivity index (χ3v) is 2.28. The van der Waals surface area contributed by atoms with Gasteiger partial charge in [-0.15, -0.1) is 0 Å². The second-order valence-corrected chi connectivity index (χ2v) is 3.38. The summed E-state index contributed by atoms with van der Waals surface area (Å²) in [4.78, 5) is 7.43. The molecule has 1 atom stereocenters. The fraction of sp³-hybridized carbons (Fsp3) is 0.300. The number of aliphatic hydroxyl groups excluding tert-OH is 1. The van der Waals surface area contributed by atoms with Crippen LogP contribution in [0.4, 0.5) is 0 Å². The Bertz CT molecular complexity index is 450. The van der Waals surface area contributed by atoms with Crippen LogP contribution in [-0.4, -0.2) is 21.7 Å². The summed E-state index contributed by atoms with van der Waals surface area (Å²) in [6.07, 6.45) is 0. The number of aromatic amines is 1. The molecule has 0 unspecified atom stereocenters. The molecule has 0 spiro atoms. The minimum atomic E-state index is -0.429. The van der Waals surface area contributed by atoms with Crippen LogP contribution in [0.2, 0.25) is 0 Å². The highest BCUT2D eigenvalue weighted by atomic mass is 16.3. The molecule has 0 saturated heterocycles. The standard InChI is InChI=1S/C10H13N3O/c1-6-3-2-4-8-9(6)13-10(12-8)7(11)5-14/h2-4,7,14H,5,11H2,1H3,(H,12,13)/t7-/m0/s1. The van der Waals surface area contributed by atoms with E-state index in [1.807, 2.05) is 25.1 Å². The summed E-state index contributed by atoms with van der Waals surface area (Å²) in [6.45, 7) is 1.90. The highest BCUT2D eigenvalue weighted by Gasteiger charge is 2.10. The van der Waals surface area contributed by atoms with Crippen molar-refractivity contribution in [2.24, 2.45) is 5.73 Å². The van der Waals surface area contributed by atoms with Gasteiger partial charge in [0.1, 0.15) is 5.82 Å². The Hall–Kier alpha value is -1.39. The van der Waals surface area contributed by atoms with E-state index in [-0.39, 0.29) is 6.61 Å². The molecule has 0 bridgehead atoms. The van der Waals surface area contributed by atoms with Gasteiger partial charge in [0.15, 0.2) is 0 Å². The maximum absolute atomic E-state index is 8.90. The van der Waals surface area contributed by atoms with E-state index in [0.717, 1.165) is 16.6 Å². The smallest absolute Gasteiger partial charge is 0.126 e. The summed E-state index contributed by atoms with van der Waals surface area (Å²) in [5, 5.41) is 8.90. The maximum Gasteiger partial charge on any atom is 0.126 e. The van der Waals surface area contributed by atoms with E-state index in [1.165, 1.54) is 0 Å². The number of hydrogen-bond acceptors (Lipinski definition) is 3. The van der Waals surface area contributed by atoms with Crippen LogP contribution in [0.1, 0.15) is 17.4 Å². The summed E-state index contributed by atoms with van der Waals surface area (Å²) < 4.78 is 0. The number of aromatic nitrogens is 2. The number of nitrogens with zero attached hydrogens (tertiary/aromatic N) is 1. The molecule has 0 amide bonds. The molecule has 0 saturated carbocycles. The molecule has 4 N–H and O–H groups in total. The van der Waals surface area contributed by atoms with E-state index in [9.17, 15) is 0 Å². The van der Waals surface area contributed by atoms with Gasteiger partial charge >= 0.3 is 0 Å². The van der Waals surface area contributed by atoms with Gasteiger partial charge in [0, 0.05) is 0 Å². The number of imidazole rings is 1. The minimum Gasteiger partial charge on any atom is -0.394 e. The molecule has 2 rings (SSSR count). The predicted octanol–water partition coefficient (Wildman–Crippen LogP) is 0.863. The fourth-order valence-electron chi connectivity index (χ4n) is 1.46. The van der Waals surface area contributed by atoms with E-state index in [2.05, 4.69) is 9.97 Å². The van der Waals surface area contributed by atoms with Gasteiger partial charge in [-0.3, -0.25) is 0 Å². The first-order valence-electron chi connectivity index (χ1n) is 4.54. The highest BCUT2D eigenvalue weighted by Crippen LogP contribution is 2.17. The van der Waals surface area contributed by atoms with Crippen LogP contribution in [0.5, 0.6) is 0 Å². The van der Waals surface area contributed by atoms with Gasteiger partial charge < -0.3 is 15.8 Å². The molecule has 74 valence electrons. The lowest BCUT2D eigenvalue weighted by molar-refractivity contribution is 0.264. The van der Waals surface area contributed by atoms with Gasteiger partial charge in [0.05, 0.1) is 23.7 Å². The number of benzene rings is 1. The molecule has 1 aromatic heterocycles. The Morgan fingerprint density at radius 2 is 2.36 bits per heavy atom. The SMILES string of the molecule is Cc1cccc2[nH]c([C@@H](N)CO)nc12. The first kappa shape index (κ1) is 9.18. The number of aryl methyl sites for hydroxylation is 1. The minimum absolute atomic E-state index is 0.0983. The number of H-pyrrole nitrogens is 1. The van der Waals surface area contributed by atoms with Gasteiger partial charge in [-0.2, -0.15) is 0 Å². The van der Waals surface area contributed by atoms with Crippen molar-refractivity contribution in [3.8, 4) is 0 Å². The van der Waals surface area contributed by atoms with Crippen molar-refractivity contribution < 1.29 is 5.11 Å². The zero-order chi connectivity index (χ0) is 10.1. The lowest BCUT2D eigenvalue weighted by Gasteiger charge is -2.01. The molecule has 0 aliphatic heterocycles. The molecule has 0 aliphatic carbocycles.